The minimum absolute atomic E-state index is 0.0633. The van der Waals surface area contributed by atoms with Crippen molar-refractivity contribution in [1.82, 2.24) is 9.97 Å². The Balaban J connectivity index is 2.68. The second-order valence-electron chi connectivity index (χ2n) is 3.74. The molecule has 2 N–H and O–H groups in total. The molecule has 0 radical (unpaired) electrons. The van der Waals surface area contributed by atoms with Crippen LogP contribution >= 0.6 is 11.8 Å². The number of nitriles is 1. The lowest BCUT2D eigenvalue weighted by molar-refractivity contribution is -0.384. The third kappa shape index (κ3) is 2.53. The summed E-state index contributed by atoms with van der Waals surface area (Å²) in [7, 11) is 0. The molecule has 1 heterocycles. The average Bonchev–Trinajstić information content (AvgIpc) is 2.46. The van der Waals surface area contributed by atoms with Crippen molar-refractivity contribution in [2.24, 2.45) is 0 Å². The minimum atomic E-state index is -0.504. The molecular formula is C12H9N5O2S. The summed E-state index contributed by atoms with van der Waals surface area (Å²) in [6.45, 7) is 0. The Labute approximate surface area is 118 Å². The number of thioether (sulfide) groups is 1. The zero-order valence-electron chi connectivity index (χ0n) is 10.4. The average molecular weight is 287 g/mol. The van der Waals surface area contributed by atoms with Gasteiger partial charge in [-0.05, 0) is 6.26 Å². The van der Waals surface area contributed by atoms with Crippen LogP contribution in [0.1, 0.15) is 5.56 Å². The van der Waals surface area contributed by atoms with Crippen molar-refractivity contribution in [3.05, 3.63) is 39.9 Å². The monoisotopic (exact) mass is 287 g/mol. The van der Waals surface area contributed by atoms with E-state index in [0.717, 1.165) is 0 Å². The second kappa shape index (κ2) is 5.54. The number of benzene rings is 1. The van der Waals surface area contributed by atoms with Gasteiger partial charge >= 0.3 is 0 Å². The van der Waals surface area contributed by atoms with Crippen LogP contribution in [0, 0.1) is 21.4 Å². The van der Waals surface area contributed by atoms with Crippen LogP contribution in [0.25, 0.3) is 11.3 Å². The minimum Gasteiger partial charge on any atom is -0.382 e. The molecule has 0 bridgehead atoms. The highest BCUT2D eigenvalue weighted by molar-refractivity contribution is 7.98. The van der Waals surface area contributed by atoms with Gasteiger partial charge in [-0.15, -0.1) is 0 Å². The van der Waals surface area contributed by atoms with Gasteiger partial charge in [-0.1, -0.05) is 23.9 Å². The van der Waals surface area contributed by atoms with Crippen LogP contribution in [-0.4, -0.2) is 21.1 Å². The van der Waals surface area contributed by atoms with Crippen LogP contribution in [0.4, 0.5) is 11.5 Å². The van der Waals surface area contributed by atoms with Gasteiger partial charge in [0.25, 0.3) is 5.69 Å². The number of rotatable bonds is 3. The predicted octanol–water partition coefficient (Wildman–Crippen LogP) is 2.23. The van der Waals surface area contributed by atoms with Gasteiger partial charge in [-0.3, -0.25) is 10.1 Å². The Kier molecular flexibility index (Phi) is 3.81. The summed E-state index contributed by atoms with van der Waals surface area (Å²) >= 11 is 1.28. The van der Waals surface area contributed by atoms with E-state index in [4.69, 9.17) is 11.0 Å². The van der Waals surface area contributed by atoms with Crippen LogP contribution in [-0.2, 0) is 0 Å². The highest BCUT2D eigenvalue weighted by Crippen LogP contribution is 2.28. The van der Waals surface area contributed by atoms with Crippen LogP contribution in [0.2, 0.25) is 0 Å². The van der Waals surface area contributed by atoms with Crippen molar-refractivity contribution in [2.75, 3.05) is 12.0 Å². The SMILES string of the molecule is CSc1nc(N)c(C#N)c(-c2cccc([N+](=O)[O-])c2)n1. The number of hydrogen-bond donors (Lipinski definition) is 1. The van der Waals surface area contributed by atoms with Gasteiger partial charge in [0.05, 0.1) is 10.6 Å². The summed E-state index contributed by atoms with van der Waals surface area (Å²) < 4.78 is 0. The number of nitro benzene ring substituents is 1. The Morgan fingerprint density at radius 3 is 2.80 bits per heavy atom. The van der Waals surface area contributed by atoms with E-state index in [9.17, 15) is 10.1 Å². The molecule has 7 nitrogen and oxygen atoms in total. The largest absolute Gasteiger partial charge is 0.382 e. The molecule has 8 heteroatoms. The van der Waals surface area contributed by atoms with Crippen LogP contribution in [0.15, 0.2) is 29.4 Å². The first-order valence-electron chi connectivity index (χ1n) is 5.43. The van der Waals surface area contributed by atoms with Gasteiger partial charge < -0.3 is 5.73 Å². The lowest BCUT2D eigenvalue weighted by Crippen LogP contribution is -2.02. The summed E-state index contributed by atoms with van der Waals surface area (Å²) in [5.74, 6) is 0.0633. The third-order valence-corrected chi connectivity index (χ3v) is 3.09. The molecule has 0 saturated carbocycles. The van der Waals surface area contributed by atoms with E-state index >= 15 is 0 Å². The Bertz CT molecular complexity index is 726. The summed E-state index contributed by atoms with van der Waals surface area (Å²) in [4.78, 5) is 18.5. The number of aromatic nitrogens is 2. The molecule has 0 unspecified atom stereocenters. The lowest BCUT2D eigenvalue weighted by Gasteiger charge is -2.07. The number of nitrogens with zero attached hydrogens (tertiary/aromatic N) is 4. The van der Waals surface area contributed by atoms with E-state index in [2.05, 4.69) is 9.97 Å². The molecule has 0 aliphatic rings. The van der Waals surface area contributed by atoms with E-state index in [1.165, 1.54) is 30.0 Å². The lowest BCUT2D eigenvalue weighted by atomic mass is 10.1. The fourth-order valence-electron chi connectivity index (χ4n) is 1.63. The van der Waals surface area contributed by atoms with E-state index in [0.29, 0.717) is 16.4 Å². The first-order chi connectivity index (χ1) is 9.56. The van der Waals surface area contributed by atoms with Gasteiger partial charge in [-0.2, -0.15) is 5.26 Å². The van der Waals surface area contributed by atoms with Gasteiger partial charge in [0, 0.05) is 17.7 Å². The van der Waals surface area contributed by atoms with E-state index in [1.807, 2.05) is 6.07 Å². The van der Waals surface area contributed by atoms with Gasteiger partial charge in [-0.25, -0.2) is 9.97 Å². The number of anilines is 1. The predicted molar refractivity (Wildman–Crippen MR) is 75.0 cm³/mol. The first-order valence-corrected chi connectivity index (χ1v) is 6.65. The fourth-order valence-corrected chi connectivity index (χ4v) is 2.01. The van der Waals surface area contributed by atoms with E-state index in [-0.39, 0.29) is 17.1 Å². The zero-order valence-corrected chi connectivity index (χ0v) is 11.2. The van der Waals surface area contributed by atoms with Gasteiger partial charge in [0.2, 0.25) is 0 Å². The molecule has 0 saturated heterocycles. The molecule has 20 heavy (non-hydrogen) atoms. The van der Waals surface area contributed by atoms with E-state index in [1.54, 1.807) is 12.3 Å². The Hall–Kier alpha value is -2.66. The summed E-state index contributed by atoms with van der Waals surface area (Å²) in [6.07, 6.45) is 1.78. The Morgan fingerprint density at radius 2 is 2.20 bits per heavy atom. The normalized spacial score (nSPS) is 10.0. The number of nitrogen functional groups attached to an aromatic ring is 1. The zero-order chi connectivity index (χ0) is 14.7. The first kappa shape index (κ1) is 13.8. The van der Waals surface area contributed by atoms with Crippen LogP contribution in [0.3, 0.4) is 0 Å². The highest BCUT2D eigenvalue weighted by atomic mass is 32.2. The van der Waals surface area contributed by atoms with E-state index < -0.39 is 4.92 Å². The topological polar surface area (TPSA) is 119 Å². The van der Waals surface area contributed by atoms with Crippen molar-refractivity contribution < 1.29 is 4.92 Å². The number of hydrogen-bond acceptors (Lipinski definition) is 7. The summed E-state index contributed by atoms with van der Waals surface area (Å²) in [5.41, 5.74) is 6.52. The van der Waals surface area contributed by atoms with Crippen molar-refractivity contribution in [1.29, 1.82) is 5.26 Å². The van der Waals surface area contributed by atoms with Crippen molar-refractivity contribution >= 4 is 23.3 Å². The number of nitrogens with two attached hydrogens (primary N) is 1. The maximum absolute atomic E-state index is 10.8. The second-order valence-corrected chi connectivity index (χ2v) is 4.51. The van der Waals surface area contributed by atoms with Gasteiger partial charge in [0.1, 0.15) is 17.5 Å². The molecule has 0 fully saturated rings. The summed E-state index contributed by atoms with van der Waals surface area (Å²) in [6, 6.07) is 7.83. The maximum Gasteiger partial charge on any atom is 0.270 e. The highest BCUT2D eigenvalue weighted by Gasteiger charge is 2.16. The van der Waals surface area contributed by atoms with Crippen molar-refractivity contribution in [3.63, 3.8) is 0 Å². The molecular weight excluding hydrogens is 278 g/mol. The molecule has 1 aromatic carbocycles. The quantitative estimate of drug-likeness (QED) is 0.398. The molecule has 0 spiro atoms. The number of non-ortho nitro benzene ring substituents is 1. The number of nitro groups is 1. The van der Waals surface area contributed by atoms with Crippen LogP contribution in [0.5, 0.6) is 0 Å². The molecule has 0 atom stereocenters. The third-order valence-electron chi connectivity index (χ3n) is 2.54. The van der Waals surface area contributed by atoms with Crippen LogP contribution < -0.4 is 5.73 Å². The van der Waals surface area contributed by atoms with Crippen molar-refractivity contribution in [2.45, 2.75) is 5.16 Å². The smallest absolute Gasteiger partial charge is 0.270 e. The maximum atomic E-state index is 10.8. The van der Waals surface area contributed by atoms with Crippen molar-refractivity contribution in [3.8, 4) is 17.3 Å². The molecule has 100 valence electrons. The molecule has 0 aliphatic carbocycles. The van der Waals surface area contributed by atoms with Gasteiger partial charge in [0.15, 0.2) is 5.16 Å². The standard InChI is InChI=1S/C12H9N5O2S/c1-20-12-15-10(9(6-13)11(14)16-12)7-3-2-4-8(5-7)17(18)19/h2-5H,1H3,(H2,14,15,16). The molecule has 2 aromatic rings. The Morgan fingerprint density at radius 1 is 1.45 bits per heavy atom. The fraction of sp³-hybridized carbons (Fsp3) is 0.0833. The molecule has 2 rings (SSSR count). The molecule has 0 amide bonds. The summed E-state index contributed by atoms with van der Waals surface area (Å²) in [5, 5.41) is 20.4. The molecule has 1 aromatic heterocycles. The molecule has 0 aliphatic heterocycles.